The highest BCUT2D eigenvalue weighted by Gasteiger charge is 2.37. The number of hydrogen-bond donors (Lipinski definition) is 1. The number of rotatable bonds is 3. The van der Waals surface area contributed by atoms with Gasteiger partial charge in [-0.15, -0.1) is 0 Å². The summed E-state index contributed by atoms with van der Waals surface area (Å²) in [4.78, 5) is 0. The quantitative estimate of drug-likeness (QED) is 0.940. The molecule has 108 valence electrons. The minimum Gasteiger partial charge on any atom is -0.493 e. The summed E-state index contributed by atoms with van der Waals surface area (Å²) in [6.45, 7) is 0. The molecule has 5 nitrogen and oxygen atoms in total. The fraction of sp³-hybridized carbons (Fsp3) is 0.250. The number of nitrogen functional groups attached to an aromatic ring is 1. The molecule has 2 N–H and O–H groups in total. The van der Waals surface area contributed by atoms with Gasteiger partial charge in [0.25, 0.3) is 0 Å². The van der Waals surface area contributed by atoms with E-state index in [2.05, 4.69) is 9.68 Å². The van der Waals surface area contributed by atoms with Gasteiger partial charge in [0.1, 0.15) is 5.69 Å². The maximum absolute atomic E-state index is 13.1. The van der Waals surface area contributed by atoms with Crippen molar-refractivity contribution in [1.82, 2.24) is 5.16 Å². The predicted molar refractivity (Wildman–Crippen MR) is 64.5 cm³/mol. The molecule has 0 unspecified atom stereocenters. The predicted octanol–water partition coefficient (Wildman–Crippen LogP) is 2.96. The van der Waals surface area contributed by atoms with Crippen LogP contribution in [-0.4, -0.2) is 19.4 Å². The number of ether oxygens (including phenoxy) is 2. The molecule has 0 fully saturated rings. The van der Waals surface area contributed by atoms with E-state index >= 15 is 0 Å². The summed E-state index contributed by atoms with van der Waals surface area (Å²) in [6, 6.07) is 3.25. The van der Waals surface area contributed by atoms with Crippen molar-refractivity contribution >= 4 is 5.88 Å². The monoisotopic (exact) mass is 288 g/mol. The molecule has 0 spiro atoms. The van der Waals surface area contributed by atoms with Crippen LogP contribution in [0.15, 0.2) is 22.7 Å². The summed E-state index contributed by atoms with van der Waals surface area (Å²) in [5, 5.41) is 3.51. The molecule has 2 aromatic rings. The minimum absolute atomic E-state index is 0.0782. The van der Waals surface area contributed by atoms with Crippen molar-refractivity contribution in [2.45, 2.75) is 6.18 Å². The van der Waals surface area contributed by atoms with Crippen LogP contribution < -0.4 is 15.2 Å². The Bertz CT molecular complexity index is 623. The molecule has 20 heavy (non-hydrogen) atoms. The van der Waals surface area contributed by atoms with Crippen molar-refractivity contribution in [2.75, 3.05) is 20.0 Å². The average Bonchev–Trinajstić information content (AvgIpc) is 2.82. The number of nitrogens with zero attached hydrogens (tertiary/aromatic N) is 1. The summed E-state index contributed by atoms with van der Waals surface area (Å²) in [7, 11) is 2.57. The zero-order valence-corrected chi connectivity index (χ0v) is 10.6. The Hall–Kier alpha value is -2.38. The van der Waals surface area contributed by atoms with Crippen LogP contribution in [0.5, 0.6) is 11.5 Å². The van der Waals surface area contributed by atoms with E-state index < -0.39 is 11.7 Å². The third-order valence-electron chi connectivity index (χ3n) is 2.64. The molecule has 0 amide bonds. The highest BCUT2D eigenvalue weighted by atomic mass is 19.4. The lowest BCUT2D eigenvalue weighted by Gasteiger charge is -2.16. The van der Waals surface area contributed by atoms with Crippen LogP contribution in [0.3, 0.4) is 0 Å². The summed E-state index contributed by atoms with van der Waals surface area (Å²) in [5.74, 6) is -0.0364. The molecule has 8 heteroatoms. The number of hydrogen-bond acceptors (Lipinski definition) is 5. The molecule has 1 aromatic heterocycles. The van der Waals surface area contributed by atoms with E-state index in [4.69, 9.17) is 15.2 Å². The maximum Gasteiger partial charge on any atom is 0.417 e. The molecule has 1 heterocycles. The second-order valence-electron chi connectivity index (χ2n) is 3.84. The van der Waals surface area contributed by atoms with E-state index in [1.165, 1.54) is 26.4 Å². The van der Waals surface area contributed by atoms with Crippen LogP contribution in [-0.2, 0) is 6.18 Å². The van der Waals surface area contributed by atoms with Crippen LogP contribution in [0.25, 0.3) is 11.3 Å². The standard InChI is InChI=1S/C12H11F3N2O3/c1-18-8-4-3-6(12(13,14)15)10(11(8)19-2)7-5-9(16)20-17-7/h3-5H,16H2,1-2H3. The first kappa shape index (κ1) is 14.0. The number of halogens is 3. The summed E-state index contributed by atoms with van der Waals surface area (Å²) < 4.78 is 54.0. The third-order valence-corrected chi connectivity index (χ3v) is 2.64. The van der Waals surface area contributed by atoms with E-state index in [1.807, 2.05) is 0 Å². The number of anilines is 1. The van der Waals surface area contributed by atoms with Crippen LogP contribution in [0.1, 0.15) is 5.56 Å². The van der Waals surface area contributed by atoms with Crippen molar-refractivity contribution in [2.24, 2.45) is 0 Å². The lowest BCUT2D eigenvalue weighted by atomic mass is 10.0. The zero-order chi connectivity index (χ0) is 14.9. The van der Waals surface area contributed by atoms with E-state index in [9.17, 15) is 13.2 Å². The van der Waals surface area contributed by atoms with E-state index in [-0.39, 0.29) is 28.6 Å². The van der Waals surface area contributed by atoms with Crippen molar-refractivity contribution in [3.05, 3.63) is 23.8 Å². The fourth-order valence-corrected chi connectivity index (χ4v) is 1.82. The Morgan fingerprint density at radius 1 is 1.20 bits per heavy atom. The number of methoxy groups -OCH3 is 2. The molecule has 1 aromatic carbocycles. The van der Waals surface area contributed by atoms with Crippen molar-refractivity contribution in [3.8, 4) is 22.8 Å². The van der Waals surface area contributed by atoms with Gasteiger partial charge in [-0.25, -0.2) is 0 Å². The SMILES string of the molecule is COc1ccc(C(F)(F)F)c(-c2cc(N)on2)c1OC. The smallest absolute Gasteiger partial charge is 0.417 e. The van der Waals surface area contributed by atoms with Gasteiger partial charge in [-0.1, -0.05) is 5.16 Å². The zero-order valence-electron chi connectivity index (χ0n) is 10.6. The maximum atomic E-state index is 13.1. The van der Waals surface area contributed by atoms with Crippen molar-refractivity contribution in [1.29, 1.82) is 0 Å². The largest absolute Gasteiger partial charge is 0.493 e. The van der Waals surface area contributed by atoms with Crippen LogP contribution in [0, 0.1) is 0 Å². The van der Waals surface area contributed by atoms with E-state index in [1.54, 1.807) is 0 Å². The molecule has 0 aliphatic carbocycles. The number of benzene rings is 1. The van der Waals surface area contributed by atoms with Gasteiger partial charge >= 0.3 is 6.18 Å². The molecule has 2 rings (SSSR count). The fourth-order valence-electron chi connectivity index (χ4n) is 1.82. The number of alkyl halides is 3. The molecule has 0 saturated carbocycles. The second-order valence-corrected chi connectivity index (χ2v) is 3.84. The molecular weight excluding hydrogens is 277 g/mol. The Balaban J connectivity index is 2.78. The molecule has 0 radical (unpaired) electrons. The molecule has 0 aliphatic heterocycles. The van der Waals surface area contributed by atoms with Gasteiger partial charge in [0.15, 0.2) is 11.5 Å². The first-order valence-corrected chi connectivity index (χ1v) is 5.43. The third kappa shape index (κ3) is 2.36. The normalized spacial score (nSPS) is 11.4. The Morgan fingerprint density at radius 2 is 1.90 bits per heavy atom. The summed E-state index contributed by atoms with van der Waals surface area (Å²) >= 11 is 0. The molecule has 0 atom stereocenters. The summed E-state index contributed by atoms with van der Waals surface area (Å²) in [5.41, 5.74) is 4.09. The van der Waals surface area contributed by atoms with Crippen molar-refractivity contribution in [3.63, 3.8) is 0 Å². The Morgan fingerprint density at radius 3 is 2.35 bits per heavy atom. The summed E-state index contributed by atoms with van der Waals surface area (Å²) in [6.07, 6.45) is -4.58. The molecular formula is C12H11F3N2O3. The Kier molecular flexibility index (Phi) is 3.47. The van der Waals surface area contributed by atoms with Gasteiger partial charge in [0.05, 0.1) is 25.3 Å². The van der Waals surface area contributed by atoms with E-state index in [0.29, 0.717) is 0 Å². The van der Waals surface area contributed by atoms with Crippen LogP contribution in [0.2, 0.25) is 0 Å². The van der Waals surface area contributed by atoms with Gasteiger partial charge in [-0.2, -0.15) is 13.2 Å². The average molecular weight is 288 g/mol. The highest BCUT2D eigenvalue weighted by Crippen LogP contribution is 2.46. The van der Waals surface area contributed by atoms with Crippen LogP contribution in [0.4, 0.5) is 19.1 Å². The van der Waals surface area contributed by atoms with Gasteiger partial charge in [-0.05, 0) is 12.1 Å². The Labute approximate surface area is 112 Å². The first-order chi connectivity index (χ1) is 9.38. The minimum atomic E-state index is -4.58. The lowest BCUT2D eigenvalue weighted by Crippen LogP contribution is -2.09. The lowest BCUT2D eigenvalue weighted by molar-refractivity contribution is -0.137. The van der Waals surface area contributed by atoms with Gasteiger partial charge in [0, 0.05) is 6.07 Å². The van der Waals surface area contributed by atoms with Gasteiger partial charge < -0.3 is 19.7 Å². The van der Waals surface area contributed by atoms with Gasteiger partial charge in [-0.3, -0.25) is 0 Å². The molecule has 0 aliphatic rings. The second kappa shape index (κ2) is 4.95. The van der Waals surface area contributed by atoms with E-state index in [0.717, 1.165) is 6.07 Å². The van der Waals surface area contributed by atoms with Crippen molar-refractivity contribution < 1.29 is 27.2 Å². The highest BCUT2D eigenvalue weighted by molar-refractivity contribution is 5.76. The number of nitrogens with two attached hydrogens (primary N) is 1. The topological polar surface area (TPSA) is 70.5 Å². The molecule has 0 bridgehead atoms. The number of aromatic nitrogens is 1. The molecule has 0 saturated heterocycles. The van der Waals surface area contributed by atoms with Crippen LogP contribution >= 0.6 is 0 Å². The first-order valence-electron chi connectivity index (χ1n) is 5.43. The van der Waals surface area contributed by atoms with Gasteiger partial charge in [0.2, 0.25) is 5.88 Å².